The van der Waals surface area contributed by atoms with Gasteiger partial charge in [-0.15, -0.1) is 0 Å². The van der Waals surface area contributed by atoms with Crippen LogP contribution >= 0.6 is 15.9 Å². The first-order valence-electron chi connectivity index (χ1n) is 5.73. The van der Waals surface area contributed by atoms with Gasteiger partial charge in [0.2, 0.25) is 0 Å². The molecular formula is C13H18BrNO3. The predicted octanol–water partition coefficient (Wildman–Crippen LogP) is 2.19. The summed E-state index contributed by atoms with van der Waals surface area (Å²) in [6.45, 7) is 3.88. The number of hydrogen-bond donors (Lipinski definition) is 1. The minimum absolute atomic E-state index is 0.00571. The van der Waals surface area contributed by atoms with Crippen LogP contribution in [0.15, 0.2) is 22.7 Å². The number of likely N-dealkylation sites (N-methyl/N-ethyl adjacent to an activating group) is 1. The molecule has 1 aromatic carbocycles. The number of amides is 1. The molecule has 0 radical (unpaired) electrons. The van der Waals surface area contributed by atoms with E-state index in [4.69, 9.17) is 9.84 Å². The fourth-order valence-electron chi connectivity index (χ4n) is 1.29. The third kappa shape index (κ3) is 3.99. The van der Waals surface area contributed by atoms with Gasteiger partial charge in [0, 0.05) is 13.1 Å². The van der Waals surface area contributed by atoms with Crippen molar-refractivity contribution in [1.29, 1.82) is 0 Å². The molecule has 0 aromatic heterocycles. The van der Waals surface area contributed by atoms with E-state index in [-0.39, 0.29) is 25.2 Å². The normalized spacial score (nSPS) is 10.6. The molecule has 0 aliphatic rings. The molecule has 1 N–H and O–H groups in total. The van der Waals surface area contributed by atoms with Crippen LogP contribution in [0.3, 0.4) is 0 Å². The van der Waals surface area contributed by atoms with E-state index in [0.717, 1.165) is 10.0 Å². The number of aliphatic hydroxyl groups excluding tert-OH is 1. The summed E-state index contributed by atoms with van der Waals surface area (Å²) in [5.74, 6) is 0.529. The largest absolute Gasteiger partial charge is 0.483 e. The van der Waals surface area contributed by atoms with Crippen molar-refractivity contribution in [3.05, 3.63) is 28.2 Å². The van der Waals surface area contributed by atoms with Crippen LogP contribution in [0.2, 0.25) is 0 Å². The smallest absolute Gasteiger partial charge is 0.260 e. The van der Waals surface area contributed by atoms with Gasteiger partial charge in [-0.1, -0.05) is 6.07 Å². The molecule has 0 fully saturated rings. The second kappa shape index (κ2) is 6.75. The molecule has 0 bridgehead atoms. The van der Waals surface area contributed by atoms with E-state index in [1.807, 2.05) is 13.8 Å². The zero-order chi connectivity index (χ0) is 13.7. The Hall–Kier alpha value is -1.07. The first-order valence-corrected chi connectivity index (χ1v) is 6.52. The van der Waals surface area contributed by atoms with Crippen LogP contribution in [-0.4, -0.2) is 35.6 Å². The molecular weight excluding hydrogens is 298 g/mol. The van der Waals surface area contributed by atoms with Crippen LogP contribution in [0, 0.1) is 0 Å². The number of benzene rings is 1. The molecule has 0 saturated heterocycles. The van der Waals surface area contributed by atoms with Gasteiger partial charge in [-0.25, -0.2) is 0 Å². The van der Waals surface area contributed by atoms with Gasteiger partial charge in [0.1, 0.15) is 5.75 Å². The van der Waals surface area contributed by atoms with E-state index >= 15 is 0 Å². The van der Waals surface area contributed by atoms with E-state index in [0.29, 0.717) is 5.75 Å². The Labute approximate surface area is 116 Å². The van der Waals surface area contributed by atoms with Crippen molar-refractivity contribution in [3.63, 3.8) is 0 Å². The SMILES string of the molecule is CC(C)N(C)C(=O)COc1ccc(CO)cc1Br. The van der Waals surface area contributed by atoms with Gasteiger partial charge in [0.25, 0.3) is 5.91 Å². The number of hydrogen-bond acceptors (Lipinski definition) is 3. The third-order valence-electron chi connectivity index (χ3n) is 2.70. The van der Waals surface area contributed by atoms with Gasteiger partial charge in [-0.3, -0.25) is 4.79 Å². The van der Waals surface area contributed by atoms with Crippen molar-refractivity contribution < 1.29 is 14.6 Å². The van der Waals surface area contributed by atoms with E-state index in [2.05, 4.69) is 15.9 Å². The van der Waals surface area contributed by atoms with E-state index in [9.17, 15) is 4.79 Å². The number of aliphatic hydroxyl groups is 1. The zero-order valence-electron chi connectivity index (χ0n) is 10.8. The number of carbonyl (C=O) groups is 1. The monoisotopic (exact) mass is 315 g/mol. The van der Waals surface area contributed by atoms with E-state index < -0.39 is 0 Å². The number of carbonyl (C=O) groups excluding carboxylic acids is 1. The molecule has 1 amide bonds. The summed E-state index contributed by atoms with van der Waals surface area (Å²) < 4.78 is 6.18. The number of halogens is 1. The van der Waals surface area contributed by atoms with Crippen LogP contribution in [0.5, 0.6) is 5.75 Å². The van der Waals surface area contributed by atoms with Crippen molar-refractivity contribution in [1.82, 2.24) is 4.90 Å². The molecule has 0 aliphatic carbocycles. The summed E-state index contributed by atoms with van der Waals surface area (Å²) in [6, 6.07) is 5.42. The molecule has 18 heavy (non-hydrogen) atoms. The summed E-state index contributed by atoms with van der Waals surface area (Å²) in [6.07, 6.45) is 0. The number of nitrogens with zero attached hydrogens (tertiary/aromatic N) is 1. The lowest BCUT2D eigenvalue weighted by molar-refractivity contribution is -0.133. The molecule has 0 atom stereocenters. The topological polar surface area (TPSA) is 49.8 Å². The molecule has 0 saturated carbocycles. The minimum Gasteiger partial charge on any atom is -0.483 e. The first-order chi connectivity index (χ1) is 8.45. The lowest BCUT2D eigenvalue weighted by atomic mass is 10.2. The van der Waals surface area contributed by atoms with Gasteiger partial charge in [-0.05, 0) is 47.5 Å². The van der Waals surface area contributed by atoms with Gasteiger partial charge in [0.05, 0.1) is 11.1 Å². The summed E-state index contributed by atoms with van der Waals surface area (Å²) in [7, 11) is 1.75. The molecule has 0 heterocycles. The number of rotatable bonds is 5. The molecule has 0 unspecified atom stereocenters. The van der Waals surface area contributed by atoms with Crippen molar-refractivity contribution in [2.75, 3.05) is 13.7 Å². The molecule has 5 heteroatoms. The first kappa shape index (κ1) is 15.0. The maximum atomic E-state index is 11.7. The molecule has 100 valence electrons. The summed E-state index contributed by atoms with van der Waals surface area (Å²) in [5.41, 5.74) is 0.792. The average Bonchev–Trinajstić information content (AvgIpc) is 2.35. The highest BCUT2D eigenvalue weighted by molar-refractivity contribution is 9.10. The summed E-state index contributed by atoms with van der Waals surface area (Å²) in [4.78, 5) is 13.4. The fourth-order valence-corrected chi connectivity index (χ4v) is 1.83. The fraction of sp³-hybridized carbons (Fsp3) is 0.462. The van der Waals surface area contributed by atoms with Crippen LogP contribution in [-0.2, 0) is 11.4 Å². The standard InChI is InChI=1S/C13H18BrNO3/c1-9(2)15(3)13(17)8-18-12-5-4-10(7-16)6-11(12)14/h4-6,9,16H,7-8H2,1-3H3. The maximum Gasteiger partial charge on any atom is 0.260 e. The zero-order valence-corrected chi connectivity index (χ0v) is 12.4. The van der Waals surface area contributed by atoms with Gasteiger partial charge < -0.3 is 14.7 Å². The van der Waals surface area contributed by atoms with Crippen LogP contribution in [0.25, 0.3) is 0 Å². The molecule has 1 rings (SSSR count). The van der Waals surface area contributed by atoms with Gasteiger partial charge in [0.15, 0.2) is 6.61 Å². The lowest BCUT2D eigenvalue weighted by Crippen LogP contribution is -2.36. The van der Waals surface area contributed by atoms with E-state index in [1.165, 1.54) is 0 Å². The minimum atomic E-state index is -0.0665. The molecule has 1 aromatic rings. The van der Waals surface area contributed by atoms with Crippen molar-refractivity contribution in [3.8, 4) is 5.75 Å². The Morgan fingerprint density at radius 2 is 2.17 bits per heavy atom. The van der Waals surface area contributed by atoms with Crippen LogP contribution in [0.1, 0.15) is 19.4 Å². The Morgan fingerprint density at radius 3 is 2.67 bits per heavy atom. The highest BCUT2D eigenvalue weighted by atomic mass is 79.9. The Morgan fingerprint density at radius 1 is 1.50 bits per heavy atom. The Kier molecular flexibility index (Phi) is 5.62. The number of ether oxygens (including phenoxy) is 1. The van der Waals surface area contributed by atoms with E-state index in [1.54, 1.807) is 30.1 Å². The second-order valence-corrected chi connectivity index (χ2v) is 5.16. The Bertz CT molecular complexity index is 421. The van der Waals surface area contributed by atoms with Gasteiger partial charge in [-0.2, -0.15) is 0 Å². The van der Waals surface area contributed by atoms with Gasteiger partial charge >= 0.3 is 0 Å². The highest BCUT2D eigenvalue weighted by Gasteiger charge is 2.13. The molecule has 0 aliphatic heterocycles. The van der Waals surface area contributed by atoms with Crippen molar-refractivity contribution in [2.45, 2.75) is 26.5 Å². The predicted molar refractivity (Wildman–Crippen MR) is 73.5 cm³/mol. The Balaban J connectivity index is 2.61. The van der Waals surface area contributed by atoms with Crippen LogP contribution < -0.4 is 4.74 Å². The van der Waals surface area contributed by atoms with Crippen molar-refractivity contribution >= 4 is 21.8 Å². The second-order valence-electron chi connectivity index (χ2n) is 4.31. The summed E-state index contributed by atoms with van der Waals surface area (Å²) >= 11 is 3.34. The highest BCUT2D eigenvalue weighted by Crippen LogP contribution is 2.26. The maximum absolute atomic E-state index is 11.7. The third-order valence-corrected chi connectivity index (χ3v) is 3.32. The quantitative estimate of drug-likeness (QED) is 0.906. The van der Waals surface area contributed by atoms with Crippen molar-refractivity contribution in [2.24, 2.45) is 0 Å². The lowest BCUT2D eigenvalue weighted by Gasteiger charge is -2.21. The summed E-state index contributed by atoms with van der Waals surface area (Å²) in [5, 5.41) is 8.98. The molecule has 0 spiro atoms. The average molecular weight is 316 g/mol. The molecule has 4 nitrogen and oxygen atoms in total. The van der Waals surface area contributed by atoms with Crippen LogP contribution in [0.4, 0.5) is 0 Å².